The maximum Gasteiger partial charge on any atom is 0.150 e. The highest BCUT2D eigenvalue weighted by molar-refractivity contribution is 5.77. The smallest absolute Gasteiger partial charge is 0.150 e. The van der Waals surface area contributed by atoms with Gasteiger partial charge in [0.1, 0.15) is 11.5 Å². The third-order valence-corrected chi connectivity index (χ3v) is 1.90. The van der Waals surface area contributed by atoms with Crippen molar-refractivity contribution in [3.05, 3.63) is 29.8 Å². The van der Waals surface area contributed by atoms with Crippen LogP contribution < -0.4 is 0 Å². The molecule has 0 unspecified atom stereocenters. The quantitative estimate of drug-likeness (QED) is 0.630. The predicted octanol–water partition coefficient (Wildman–Crippen LogP) is 3.05. The van der Waals surface area contributed by atoms with Gasteiger partial charge in [-0.2, -0.15) is 0 Å². The molecule has 14 heavy (non-hydrogen) atoms. The molecule has 0 aliphatic carbocycles. The number of nitrogens with zero attached hydrogens (tertiary/aromatic N) is 2. The molecule has 0 amide bonds. The molecule has 2 heterocycles. The molecule has 0 spiro atoms. The van der Waals surface area contributed by atoms with E-state index in [1.807, 2.05) is 20.8 Å². The molecule has 0 atom stereocenters. The van der Waals surface area contributed by atoms with E-state index in [2.05, 4.69) is 4.98 Å². The van der Waals surface area contributed by atoms with Gasteiger partial charge in [0.2, 0.25) is 0 Å². The summed E-state index contributed by atoms with van der Waals surface area (Å²) >= 11 is 0. The Bertz CT molecular complexity index is 432. The summed E-state index contributed by atoms with van der Waals surface area (Å²) in [6.45, 7) is 5.90. The predicted molar refractivity (Wildman–Crippen MR) is 56.8 cm³/mol. The lowest BCUT2D eigenvalue weighted by Gasteiger charge is -1.94. The van der Waals surface area contributed by atoms with Crippen molar-refractivity contribution < 1.29 is 4.39 Å². The van der Waals surface area contributed by atoms with Crippen LogP contribution in [0.1, 0.15) is 19.4 Å². The fourth-order valence-corrected chi connectivity index (χ4v) is 1.32. The van der Waals surface area contributed by atoms with Crippen LogP contribution in [0.3, 0.4) is 0 Å². The van der Waals surface area contributed by atoms with Gasteiger partial charge in [0.15, 0.2) is 0 Å². The highest BCUT2D eigenvalue weighted by Gasteiger charge is 2.05. The molecule has 76 valence electrons. The molecule has 3 heteroatoms. The fourth-order valence-electron chi connectivity index (χ4n) is 1.32. The summed E-state index contributed by atoms with van der Waals surface area (Å²) in [7, 11) is 1.79. The van der Waals surface area contributed by atoms with E-state index in [1.165, 1.54) is 6.20 Å². The van der Waals surface area contributed by atoms with E-state index in [0.29, 0.717) is 11.0 Å². The molecular weight excluding hydrogens is 179 g/mol. The number of pyridine rings is 1. The van der Waals surface area contributed by atoms with E-state index in [4.69, 9.17) is 0 Å². The van der Waals surface area contributed by atoms with E-state index in [1.54, 1.807) is 23.9 Å². The van der Waals surface area contributed by atoms with E-state index in [-0.39, 0.29) is 5.82 Å². The zero-order valence-electron chi connectivity index (χ0n) is 9.00. The lowest BCUT2D eigenvalue weighted by molar-refractivity contribution is 0.633. The van der Waals surface area contributed by atoms with Crippen molar-refractivity contribution in [2.75, 3.05) is 0 Å². The molecule has 0 fully saturated rings. The van der Waals surface area contributed by atoms with Crippen molar-refractivity contribution in [1.82, 2.24) is 9.55 Å². The third kappa shape index (κ3) is 1.76. The SMILES string of the molecule is CC.Cc1cnc2c(c1)c(F)cn2C. The molecule has 2 nitrogen and oxygen atoms in total. The van der Waals surface area contributed by atoms with Gasteiger partial charge in [0.25, 0.3) is 0 Å². The van der Waals surface area contributed by atoms with Gasteiger partial charge in [-0.15, -0.1) is 0 Å². The number of aryl methyl sites for hydroxylation is 2. The molecule has 0 saturated heterocycles. The van der Waals surface area contributed by atoms with Crippen LogP contribution in [0.15, 0.2) is 18.5 Å². The second kappa shape index (κ2) is 4.22. The summed E-state index contributed by atoms with van der Waals surface area (Å²) in [6, 6.07) is 1.80. The van der Waals surface area contributed by atoms with Crippen LogP contribution in [0.4, 0.5) is 4.39 Å². The number of aromatic nitrogens is 2. The molecule has 0 aromatic carbocycles. The number of halogens is 1. The summed E-state index contributed by atoms with van der Waals surface area (Å²) in [6.07, 6.45) is 3.18. The topological polar surface area (TPSA) is 17.8 Å². The molecule has 0 saturated carbocycles. The number of hydrogen-bond donors (Lipinski definition) is 0. The third-order valence-electron chi connectivity index (χ3n) is 1.90. The van der Waals surface area contributed by atoms with E-state index >= 15 is 0 Å². The molecule has 2 aromatic rings. The summed E-state index contributed by atoms with van der Waals surface area (Å²) < 4.78 is 14.8. The van der Waals surface area contributed by atoms with E-state index in [9.17, 15) is 4.39 Å². The summed E-state index contributed by atoms with van der Waals surface area (Å²) in [5, 5.41) is 0.595. The lowest BCUT2D eigenvalue weighted by atomic mass is 10.2. The van der Waals surface area contributed by atoms with Crippen LogP contribution in [0.5, 0.6) is 0 Å². The van der Waals surface area contributed by atoms with Gasteiger partial charge in [-0.05, 0) is 18.6 Å². The summed E-state index contributed by atoms with van der Waals surface area (Å²) in [5.74, 6) is -0.205. The van der Waals surface area contributed by atoms with Gasteiger partial charge in [0.05, 0.1) is 5.39 Å². The monoisotopic (exact) mass is 194 g/mol. The van der Waals surface area contributed by atoms with Crippen molar-refractivity contribution >= 4 is 11.0 Å². The second-order valence-electron chi connectivity index (χ2n) is 2.97. The highest BCUT2D eigenvalue weighted by Crippen LogP contribution is 2.17. The average molecular weight is 194 g/mol. The van der Waals surface area contributed by atoms with Crippen molar-refractivity contribution in [1.29, 1.82) is 0 Å². The first kappa shape index (κ1) is 10.7. The maximum absolute atomic E-state index is 13.1. The largest absolute Gasteiger partial charge is 0.333 e. The first-order valence-corrected chi connectivity index (χ1v) is 4.75. The first-order chi connectivity index (χ1) is 6.68. The minimum absolute atomic E-state index is 0.205. The molecule has 0 bridgehead atoms. The van der Waals surface area contributed by atoms with Crippen LogP contribution in [0.2, 0.25) is 0 Å². The molecule has 2 aromatic heterocycles. The number of fused-ring (bicyclic) bond motifs is 1. The normalized spacial score (nSPS) is 9.79. The van der Waals surface area contributed by atoms with Gasteiger partial charge in [-0.25, -0.2) is 9.37 Å². The van der Waals surface area contributed by atoms with Gasteiger partial charge in [0, 0.05) is 19.4 Å². The Labute approximate surface area is 83.4 Å². The Balaban J connectivity index is 0.000000461. The molecule has 0 radical (unpaired) electrons. The Morgan fingerprint density at radius 3 is 2.64 bits per heavy atom. The Hall–Kier alpha value is -1.38. The van der Waals surface area contributed by atoms with Crippen LogP contribution >= 0.6 is 0 Å². The second-order valence-corrected chi connectivity index (χ2v) is 2.97. The minimum atomic E-state index is -0.205. The van der Waals surface area contributed by atoms with Crippen LogP contribution in [-0.4, -0.2) is 9.55 Å². The molecule has 0 aliphatic heterocycles. The average Bonchev–Trinajstić information content (AvgIpc) is 2.46. The van der Waals surface area contributed by atoms with E-state index < -0.39 is 0 Å². The number of hydrogen-bond acceptors (Lipinski definition) is 1. The highest BCUT2D eigenvalue weighted by atomic mass is 19.1. The minimum Gasteiger partial charge on any atom is -0.333 e. The molecule has 2 rings (SSSR count). The van der Waals surface area contributed by atoms with Crippen LogP contribution in [0.25, 0.3) is 11.0 Å². The zero-order valence-corrected chi connectivity index (χ0v) is 9.00. The summed E-state index contributed by atoms with van der Waals surface area (Å²) in [4.78, 5) is 4.12. The van der Waals surface area contributed by atoms with E-state index in [0.717, 1.165) is 5.56 Å². The van der Waals surface area contributed by atoms with Gasteiger partial charge in [-0.1, -0.05) is 13.8 Å². The molecule has 0 N–H and O–H groups in total. The van der Waals surface area contributed by atoms with Crippen molar-refractivity contribution in [3.63, 3.8) is 0 Å². The Morgan fingerprint density at radius 2 is 2.00 bits per heavy atom. The van der Waals surface area contributed by atoms with Gasteiger partial charge in [-0.3, -0.25) is 0 Å². The van der Waals surface area contributed by atoms with Crippen molar-refractivity contribution in [2.45, 2.75) is 20.8 Å². The van der Waals surface area contributed by atoms with Crippen LogP contribution in [0, 0.1) is 12.7 Å². The van der Waals surface area contributed by atoms with Crippen molar-refractivity contribution in [3.8, 4) is 0 Å². The van der Waals surface area contributed by atoms with Crippen LogP contribution in [-0.2, 0) is 7.05 Å². The standard InChI is InChI=1S/C9H9FN2.C2H6/c1-6-3-7-8(10)5-12(2)9(7)11-4-6;1-2/h3-5H,1-2H3;1-2H3. The fraction of sp³-hybridized carbons (Fsp3) is 0.364. The van der Waals surface area contributed by atoms with Gasteiger partial charge >= 0.3 is 0 Å². The maximum atomic E-state index is 13.1. The Morgan fingerprint density at radius 1 is 1.36 bits per heavy atom. The number of rotatable bonds is 0. The first-order valence-electron chi connectivity index (χ1n) is 4.75. The lowest BCUT2D eigenvalue weighted by Crippen LogP contribution is -1.87. The Kier molecular flexibility index (Phi) is 3.23. The zero-order chi connectivity index (χ0) is 10.7. The van der Waals surface area contributed by atoms with Crippen molar-refractivity contribution in [2.24, 2.45) is 7.05 Å². The van der Waals surface area contributed by atoms with Gasteiger partial charge < -0.3 is 4.57 Å². The summed E-state index contributed by atoms with van der Waals surface area (Å²) in [5.41, 5.74) is 1.67. The molecule has 0 aliphatic rings. The molecular formula is C11H15FN2.